The van der Waals surface area contributed by atoms with Crippen LogP contribution >= 0.6 is 0 Å². The number of guanidine groups is 1. The minimum absolute atomic E-state index is 0.00839. The molecule has 0 radical (unpaired) electrons. The second-order valence-electron chi connectivity index (χ2n) is 7.04. The molecule has 27 heavy (non-hydrogen) atoms. The van der Waals surface area contributed by atoms with Crippen molar-refractivity contribution < 1.29 is 9.53 Å². The predicted molar refractivity (Wildman–Crippen MR) is 112 cm³/mol. The van der Waals surface area contributed by atoms with Crippen LogP contribution in [0, 0.1) is 5.92 Å². The molecule has 0 aliphatic heterocycles. The zero-order valence-corrected chi connectivity index (χ0v) is 17.7. The first-order valence-electron chi connectivity index (χ1n) is 9.83. The van der Waals surface area contributed by atoms with E-state index in [-0.39, 0.29) is 12.0 Å². The van der Waals surface area contributed by atoms with Crippen LogP contribution in [0.2, 0.25) is 0 Å². The second-order valence-corrected chi connectivity index (χ2v) is 7.04. The van der Waals surface area contributed by atoms with E-state index in [0.29, 0.717) is 18.0 Å². The number of carbonyl (C=O) groups is 1. The molecular formula is C21H36N4O2. The number of nitrogens with one attached hydrogen (secondary N) is 2. The van der Waals surface area contributed by atoms with Crippen LogP contribution in [0.1, 0.15) is 50.0 Å². The van der Waals surface area contributed by atoms with E-state index in [4.69, 9.17) is 4.74 Å². The average Bonchev–Trinajstić information content (AvgIpc) is 2.64. The maximum atomic E-state index is 11.9. The Morgan fingerprint density at radius 1 is 1.15 bits per heavy atom. The molecule has 0 bridgehead atoms. The molecule has 0 spiro atoms. The Balaban J connectivity index is 2.61. The van der Waals surface area contributed by atoms with E-state index < -0.39 is 0 Å². The molecule has 6 nitrogen and oxygen atoms in total. The SMILES string of the molecule is CCNC(=NCc1ccc(C(=O)N(C)C)cc1)NCCC(OCC)C(C)C. The monoisotopic (exact) mass is 376 g/mol. The zero-order chi connectivity index (χ0) is 20.2. The highest BCUT2D eigenvalue weighted by Gasteiger charge is 2.13. The predicted octanol–water partition coefficient (Wildman–Crippen LogP) is 2.89. The first-order valence-corrected chi connectivity index (χ1v) is 9.83. The summed E-state index contributed by atoms with van der Waals surface area (Å²) in [5.74, 6) is 1.30. The van der Waals surface area contributed by atoms with Gasteiger partial charge < -0.3 is 20.3 Å². The first kappa shape index (κ1) is 23.0. The lowest BCUT2D eigenvalue weighted by atomic mass is 10.0. The van der Waals surface area contributed by atoms with Gasteiger partial charge in [-0.05, 0) is 43.9 Å². The van der Waals surface area contributed by atoms with Crippen molar-refractivity contribution in [3.05, 3.63) is 35.4 Å². The average molecular weight is 377 g/mol. The van der Waals surface area contributed by atoms with E-state index in [0.717, 1.165) is 37.6 Å². The van der Waals surface area contributed by atoms with Gasteiger partial charge in [0.05, 0.1) is 12.6 Å². The largest absolute Gasteiger partial charge is 0.378 e. The fraction of sp³-hybridized carbons (Fsp3) is 0.619. The molecule has 0 aliphatic rings. The number of benzene rings is 1. The summed E-state index contributed by atoms with van der Waals surface area (Å²) in [6.07, 6.45) is 1.20. The van der Waals surface area contributed by atoms with E-state index in [1.54, 1.807) is 19.0 Å². The Kier molecular flexibility index (Phi) is 10.5. The van der Waals surface area contributed by atoms with Gasteiger partial charge in [0.25, 0.3) is 5.91 Å². The van der Waals surface area contributed by atoms with Crippen molar-refractivity contribution in [1.29, 1.82) is 0 Å². The molecule has 6 heteroatoms. The number of amides is 1. The summed E-state index contributed by atoms with van der Waals surface area (Å²) in [7, 11) is 3.51. The molecule has 0 heterocycles. The molecule has 1 aromatic carbocycles. The number of hydrogen-bond acceptors (Lipinski definition) is 3. The third-order valence-corrected chi connectivity index (χ3v) is 4.22. The van der Waals surface area contributed by atoms with Crippen LogP contribution in [0.15, 0.2) is 29.3 Å². The number of ether oxygens (including phenoxy) is 1. The van der Waals surface area contributed by atoms with Crippen molar-refractivity contribution in [2.75, 3.05) is 33.8 Å². The van der Waals surface area contributed by atoms with Crippen LogP contribution in [0.5, 0.6) is 0 Å². The van der Waals surface area contributed by atoms with Gasteiger partial charge in [-0.25, -0.2) is 4.99 Å². The van der Waals surface area contributed by atoms with Gasteiger partial charge in [-0.2, -0.15) is 0 Å². The summed E-state index contributed by atoms with van der Waals surface area (Å²) in [6, 6.07) is 7.60. The molecule has 1 rings (SSSR count). The molecule has 0 aromatic heterocycles. The van der Waals surface area contributed by atoms with Gasteiger partial charge in [0, 0.05) is 39.4 Å². The normalized spacial score (nSPS) is 12.8. The third-order valence-electron chi connectivity index (χ3n) is 4.22. The van der Waals surface area contributed by atoms with Crippen LogP contribution < -0.4 is 10.6 Å². The van der Waals surface area contributed by atoms with E-state index in [2.05, 4.69) is 36.4 Å². The number of rotatable bonds is 10. The molecule has 1 amide bonds. The summed E-state index contributed by atoms with van der Waals surface area (Å²) in [4.78, 5) is 18.2. The zero-order valence-electron chi connectivity index (χ0n) is 17.7. The molecule has 152 valence electrons. The van der Waals surface area contributed by atoms with Crippen LogP contribution in [-0.2, 0) is 11.3 Å². The lowest BCUT2D eigenvalue weighted by molar-refractivity contribution is 0.0258. The van der Waals surface area contributed by atoms with E-state index in [1.165, 1.54) is 0 Å². The fourth-order valence-electron chi connectivity index (χ4n) is 2.68. The molecule has 0 saturated carbocycles. The van der Waals surface area contributed by atoms with Gasteiger partial charge in [0.1, 0.15) is 0 Å². The van der Waals surface area contributed by atoms with Crippen molar-refractivity contribution in [3.63, 3.8) is 0 Å². The van der Waals surface area contributed by atoms with Gasteiger partial charge in [0.15, 0.2) is 5.96 Å². The molecule has 0 aliphatic carbocycles. The second kappa shape index (κ2) is 12.3. The van der Waals surface area contributed by atoms with Crippen molar-refractivity contribution in [1.82, 2.24) is 15.5 Å². The molecule has 2 N–H and O–H groups in total. The quantitative estimate of drug-likeness (QED) is 0.487. The molecule has 1 atom stereocenters. The maximum Gasteiger partial charge on any atom is 0.253 e. The number of nitrogens with zero attached hydrogens (tertiary/aromatic N) is 2. The van der Waals surface area contributed by atoms with Gasteiger partial charge in [-0.1, -0.05) is 26.0 Å². The van der Waals surface area contributed by atoms with E-state index >= 15 is 0 Å². The Hall–Kier alpha value is -2.08. The van der Waals surface area contributed by atoms with Gasteiger partial charge >= 0.3 is 0 Å². The van der Waals surface area contributed by atoms with Crippen molar-refractivity contribution in [2.45, 2.75) is 46.8 Å². The summed E-state index contributed by atoms with van der Waals surface area (Å²) in [5, 5.41) is 6.65. The van der Waals surface area contributed by atoms with Crippen LogP contribution in [0.25, 0.3) is 0 Å². The Labute approximate surface area is 164 Å². The maximum absolute atomic E-state index is 11.9. The minimum atomic E-state index is 0.00839. The lowest BCUT2D eigenvalue weighted by Crippen LogP contribution is -2.39. The van der Waals surface area contributed by atoms with Crippen LogP contribution in [-0.4, -0.2) is 56.7 Å². The summed E-state index contributed by atoms with van der Waals surface area (Å²) in [5.41, 5.74) is 1.75. The van der Waals surface area contributed by atoms with Crippen molar-refractivity contribution in [3.8, 4) is 0 Å². The van der Waals surface area contributed by atoms with Gasteiger partial charge in [0.2, 0.25) is 0 Å². The van der Waals surface area contributed by atoms with Gasteiger partial charge in [-0.3, -0.25) is 4.79 Å². The lowest BCUT2D eigenvalue weighted by Gasteiger charge is -2.21. The first-order chi connectivity index (χ1) is 12.9. The Morgan fingerprint density at radius 3 is 2.33 bits per heavy atom. The molecule has 0 fully saturated rings. The standard InChI is InChI=1S/C21H36N4O2/c1-7-22-21(23-14-13-19(16(3)4)27-8-2)24-15-17-9-11-18(12-10-17)20(26)25(5)6/h9-12,16,19H,7-8,13-15H2,1-6H3,(H2,22,23,24). The van der Waals surface area contributed by atoms with Crippen LogP contribution in [0.3, 0.4) is 0 Å². The topological polar surface area (TPSA) is 66.0 Å². The van der Waals surface area contributed by atoms with Gasteiger partial charge in [-0.15, -0.1) is 0 Å². The third kappa shape index (κ3) is 8.43. The number of hydrogen-bond donors (Lipinski definition) is 2. The van der Waals surface area contributed by atoms with Crippen molar-refractivity contribution in [2.24, 2.45) is 10.9 Å². The fourth-order valence-corrected chi connectivity index (χ4v) is 2.68. The van der Waals surface area contributed by atoms with E-state index in [1.807, 2.05) is 31.2 Å². The molecular weight excluding hydrogens is 340 g/mol. The van der Waals surface area contributed by atoms with Crippen LogP contribution in [0.4, 0.5) is 0 Å². The summed E-state index contributed by atoms with van der Waals surface area (Å²) >= 11 is 0. The highest BCUT2D eigenvalue weighted by Crippen LogP contribution is 2.10. The number of aliphatic imine (C=N–C) groups is 1. The Morgan fingerprint density at radius 2 is 1.81 bits per heavy atom. The minimum Gasteiger partial charge on any atom is -0.378 e. The number of carbonyl (C=O) groups excluding carboxylic acids is 1. The molecule has 1 aromatic rings. The summed E-state index contributed by atoms with van der Waals surface area (Å²) in [6.45, 7) is 11.4. The van der Waals surface area contributed by atoms with Crippen molar-refractivity contribution >= 4 is 11.9 Å². The summed E-state index contributed by atoms with van der Waals surface area (Å²) < 4.78 is 5.79. The highest BCUT2D eigenvalue weighted by molar-refractivity contribution is 5.93. The van der Waals surface area contributed by atoms with E-state index in [9.17, 15) is 4.79 Å². The smallest absolute Gasteiger partial charge is 0.253 e. The Bertz CT molecular complexity index is 582. The molecule has 1 unspecified atom stereocenters. The highest BCUT2D eigenvalue weighted by atomic mass is 16.5. The molecule has 0 saturated heterocycles.